The summed E-state index contributed by atoms with van der Waals surface area (Å²) in [5, 5.41) is 8.80. The fourth-order valence-corrected chi connectivity index (χ4v) is 1.56. The molecule has 18 heavy (non-hydrogen) atoms. The zero-order valence-electron chi connectivity index (χ0n) is 10.2. The Bertz CT molecular complexity index is 629. The quantitative estimate of drug-likeness (QED) is 0.843. The molecule has 2 rings (SSSR count). The highest BCUT2D eigenvalue weighted by Gasteiger charge is 2.06. The van der Waals surface area contributed by atoms with Gasteiger partial charge in [0.2, 0.25) is 5.91 Å². The highest BCUT2D eigenvalue weighted by Crippen LogP contribution is 2.17. The summed E-state index contributed by atoms with van der Waals surface area (Å²) in [6.45, 7) is 3.35. The molecule has 1 amide bonds. The van der Waals surface area contributed by atoms with Gasteiger partial charge in [0, 0.05) is 12.5 Å². The van der Waals surface area contributed by atoms with Crippen molar-refractivity contribution in [3.05, 3.63) is 46.2 Å². The summed E-state index contributed by atoms with van der Waals surface area (Å²) in [5.41, 5.74) is 2.42. The average molecular weight is 243 g/mol. The molecule has 1 heterocycles. The summed E-state index contributed by atoms with van der Waals surface area (Å²) in [4.78, 5) is 22.4. The van der Waals surface area contributed by atoms with E-state index in [0.717, 1.165) is 11.1 Å². The van der Waals surface area contributed by atoms with Crippen LogP contribution in [0, 0.1) is 6.92 Å². The van der Waals surface area contributed by atoms with E-state index in [1.165, 1.54) is 6.92 Å². The Morgan fingerprint density at radius 3 is 2.56 bits per heavy atom. The van der Waals surface area contributed by atoms with Crippen LogP contribution in [0.3, 0.4) is 0 Å². The fourth-order valence-electron chi connectivity index (χ4n) is 1.56. The maximum atomic E-state index is 11.5. The predicted octanol–water partition coefficient (Wildman–Crippen LogP) is 1.70. The second kappa shape index (κ2) is 4.83. The second-order valence-electron chi connectivity index (χ2n) is 4.04. The summed E-state index contributed by atoms with van der Waals surface area (Å²) in [7, 11) is 0. The van der Waals surface area contributed by atoms with Crippen molar-refractivity contribution >= 4 is 11.6 Å². The lowest BCUT2D eigenvalue weighted by Crippen LogP contribution is -2.18. The number of aromatic nitrogens is 2. The number of carbonyl (C=O) groups is 1. The molecule has 2 N–H and O–H groups in total. The number of nitrogens with one attached hydrogen (secondary N) is 2. The topological polar surface area (TPSA) is 74.8 Å². The van der Waals surface area contributed by atoms with Crippen molar-refractivity contribution in [3.8, 4) is 11.3 Å². The molecule has 0 aliphatic rings. The molecule has 0 fully saturated rings. The third-order valence-electron chi connectivity index (χ3n) is 2.46. The van der Waals surface area contributed by atoms with Crippen LogP contribution < -0.4 is 10.9 Å². The van der Waals surface area contributed by atoms with Crippen LogP contribution in [0.15, 0.2) is 35.1 Å². The van der Waals surface area contributed by atoms with Crippen molar-refractivity contribution < 1.29 is 4.79 Å². The van der Waals surface area contributed by atoms with Gasteiger partial charge < -0.3 is 5.32 Å². The molecule has 0 unspecified atom stereocenters. The summed E-state index contributed by atoms with van der Waals surface area (Å²) in [6, 6.07) is 9.30. The van der Waals surface area contributed by atoms with Crippen molar-refractivity contribution in [2.75, 3.05) is 5.32 Å². The van der Waals surface area contributed by atoms with Crippen LogP contribution in [0.4, 0.5) is 5.69 Å². The van der Waals surface area contributed by atoms with Gasteiger partial charge >= 0.3 is 0 Å². The van der Waals surface area contributed by atoms with Gasteiger partial charge in [0.15, 0.2) is 0 Å². The van der Waals surface area contributed by atoms with Gasteiger partial charge in [-0.25, -0.2) is 5.10 Å². The Morgan fingerprint density at radius 1 is 1.28 bits per heavy atom. The van der Waals surface area contributed by atoms with Gasteiger partial charge in [-0.15, -0.1) is 0 Å². The molecule has 0 spiro atoms. The Kier molecular flexibility index (Phi) is 3.23. The number of hydrogen-bond acceptors (Lipinski definition) is 3. The predicted molar refractivity (Wildman–Crippen MR) is 69.3 cm³/mol. The number of nitrogens with zero attached hydrogens (tertiary/aromatic N) is 1. The van der Waals surface area contributed by atoms with E-state index in [1.807, 2.05) is 31.2 Å². The minimum absolute atomic E-state index is 0.202. The first-order chi connectivity index (χ1) is 8.56. The van der Waals surface area contributed by atoms with Gasteiger partial charge in [-0.1, -0.05) is 29.8 Å². The first-order valence-corrected chi connectivity index (χ1v) is 5.50. The fraction of sp³-hybridized carbons (Fsp3) is 0.154. The minimum Gasteiger partial charge on any atom is -0.322 e. The van der Waals surface area contributed by atoms with Crippen LogP contribution in [0.2, 0.25) is 0 Å². The molecular formula is C13H13N3O2. The largest absolute Gasteiger partial charge is 0.322 e. The van der Waals surface area contributed by atoms with Gasteiger partial charge in [-0.05, 0) is 13.0 Å². The normalized spacial score (nSPS) is 10.1. The maximum absolute atomic E-state index is 11.5. The highest BCUT2D eigenvalue weighted by atomic mass is 16.2. The minimum atomic E-state index is -0.416. The van der Waals surface area contributed by atoms with Gasteiger partial charge in [0.1, 0.15) is 5.69 Å². The average Bonchev–Trinajstić information content (AvgIpc) is 2.32. The molecule has 0 atom stereocenters. The van der Waals surface area contributed by atoms with Crippen LogP contribution >= 0.6 is 0 Å². The third-order valence-corrected chi connectivity index (χ3v) is 2.46. The number of aromatic amines is 1. The number of amides is 1. The van der Waals surface area contributed by atoms with E-state index < -0.39 is 5.56 Å². The molecule has 92 valence electrons. The molecule has 5 heteroatoms. The number of anilines is 1. The number of benzene rings is 1. The Balaban J connectivity index is 2.43. The standard InChI is InChI=1S/C13H13N3O2/c1-8-3-5-10(6-4-8)11-7-12(14-9(2)17)13(18)16-15-11/h3-7H,1-2H3,(H,16,18)(H,14,15,17). The number of hydrogen-bond donors (Lipinski definition) is 2. The molecule has 1 aromatic carbocycles. The van der Waals surface area contributed by atoms with Crippen LogP contribution in [-0.4, -0.2) is 16.1 Å². The van der Waals surface area contributed by atoms with Crippen LogP contribution in [-0.2, 0) is 4.79 Å². The van der Waals surface area contributed by atoms with Crippen molar-refractivity contribution in [2.24, 2.45) is 0 Å². The van der Waals surface area contributed by atoms with E-state index in [9.17, 15) is 9.59 Å². The second-order valence-corrected chi connectivity index (χ2v) is 4.04. The summed E-state index contributed by atoms with van der Waals surface area (Å²) in [6.07, 6.45) is 0. The molecule has 0 saturated heterocycles. The van der Waals surface area contributed by atoms with Gasteiger partial charge in [-0.2, -0.15) is 5.10 Å². The molecular weight excluding hydrogens is 230 g/mol. The molecule has 0 bridgehead atoms. The highest BCUT2D eigenvalue weighted by molar-refractivity contribution is 5.88. The smallest absolute Gasteiger partial charge is 0.287 e. The van der Waals surface area contributed by atoms with Gasteiger partial charge in [0.25, 0.3) is 5.56 Å². The monoisotopic (exact) mass is 243 g/mol. The number of carbonyl (C=O) groups excluding carboxylic acids is 1. The third kappa shape index (κ3) is 2.63. The van der Waals surface area contributed by atoms with Gasteiger partial charge in [-0.3, -0.25) is 9.59 Å². The van der Waals surface area contributed by atoms with Gasteiger partial charge in [0.05, 0.1) is 5.69 Å². The lowest BCUT2D eigenvalue weighted by atomic mass is 10.1. The zero-order valence-corrected chi connectivity index (χ0v) is 10.2. The molecule has 0 aliphatic heterocycles. The number of rotatable bonds is 2. The van der Waals surface area contributed by atoms with Crippen molar-refractivity contribution in [3.63, 3.8) is 0 Å². The molecule has 5 nitrogen and oxygen atoms in total. The molecule has 0 aliphatic carbocycles. The Morgan fingerprint density at radius 2 is 1.94 bits per heavy atom. The summed E-state index contributed by atoms with van der Waals surface area (Å²) >= 11 is 0. The maximum Gasteiger partial charge on any atom is 0.287 e. The van der Waals surface area contributed by atoms with Crippen LogP contribution in [0.1, 0.15) is 12.5 Å². The lowest BCUT2D eigenvalue weighted by molar-refractivity contribution is -0.114. The molecule has 1 aromatic heterocycles. The van der Waals surface area contributed by atoms with E-state index >= 15 is 0 Å². The Labute approximate surface area is 104 Å². The van der Waals surface area contributed by atoms with Crippen LogP contribution in [0.5, 0.6) is 0 Å². The molecule has 0 radical (unpaired) electrons. The molecule has 2 aromatic rings. The number of H-pyrrole nitrogens is 1. The van der Waals surface area contributed by atoms with Crippen molar-refractivity contribution in [2.45, 2.75) is 13.8 Å². The molecule has 0 saturated carbocycles. The summed E-state index contributed by atoms with van der Waals surface area (Å²) in [5.74, 6) is -0.290. The van der Waals surface area contributed by atoms with Crippen molar-refractivity contribution in [1.82, 2.24) is 10.2 Å². The lowest BCUT2D eigenvalue weighted by Gasteiger charge is -2.04. The van der Waals surface area contributed by atoms with E-state index in [-0.39, 0.29) is 11.6 Å². The van der Waals surface area contributed by atoms with Crippen molar-refractivity contribution in [1.29, 1.82) is 0 Å². The van der Waals surface area contributed by atoms with E-state index in [1.54, 1.807) is 6.07 Å². The number of aryl methyl sites for hydroxylation is 1. The van der Waals surface area contributed by atoms with E-state index in [0.29, 0.717) is 5.69 Å². The Hall–Kier alpha value is -2.43. The first-order valence-electron chi connectivity index (χ1n) is 5.50. The van der Waals surface area contributed by atoms with E-state index in [2.05, 4.69) is 15.5 Å². The van der Waals surface area contributed by atoms with Crippen LogP contribution in [0.25, 0.3) is 11.3 Å². The van der Waals surface area contributed by atoms with E-state index in [4.69, 9.17) is 0 Å². The summed E-state index contributed by atoms with van der Waals surface area (Å²) < 4.78 is 0. The SMILES string of the molecule is CC(=O)Nc1cc(-c2ccc(C)cc2)n[nH]c1=O. The zero-order chi connectivity index (χ0) is 13.1. The first kappa shape index (κ1) is 12.0.